The molecule has 2 aromatic rings. The highest BCUT2D eigenvalue weighted by Crippen LogP contribution is 2.31. The number of likely N-dealkylation sites (N-methyl/N-ethyl adjacent to an activating group) is 1. The maximum absolute atomic E-state index is 14.0. The van der Waals surface area contributed by atoms with E-state index in [9.17, 15) is 18.0 Å². The number of carbonyl (C=O) groups excluding carboxylic acids is 2. The molecule has 1 aliphatic carbocycles. The van der Waals surface area contributed by atoms with Crippen LogP contribution in [0.15, 0.2) is 48.5 Å². The van der Waals surface area contributed by atoms with E-state index in [4.69, 9.17) is 11.6 Å². The normalized spacial score (nSPS) is 21.2. The van der Waals surface area contributed by atoms with E-state index in [1.54, 1.807) is 19.2 Å². The maximum Gasteiger partial charge on any atom is 0.245 e. The summed E-state index contributed by atoms with van der Waals surface area (Å²) in [4.78, 5) is 31.6. The highest BCUT2D eigenvalue weighted by molar-refractivity contribution is 7.88. The summed E-state index contributed by atoms with van der Waals surface area (Å²) >= 11 is 6.11. The first kappa shape index (κ1) is 32.9. The van der Waals surface area contributed by atoms with Crippen molar-refractivity contribution in [2.75, 3.05) is 46.0 Å². The molecule has 3 atom stereocenters. The Morgan fingerprint density at radius 3 is 2.39 bits per heavy atom. The Hall–Kier alpha value is -2.50. The molecule has 2 amide bonds. The van der Waals surface area contributed by atoms with Crippen molar-refractivity contribution in [2.45, 2.75) is 69.6 Å². The van der Waals surface area contributed by atoms with Crippen molar-refractivity contribution in [1.82, 2.24) is 24.7 Å². The first-order chi connectivity index (χ1) is 21.1. The van der Waals surface area contributed by atoms with Gasteiger partial charge in [0, 0.05) is 76.3 Å². The smallest absolute Gasteiger partial charge is 0.245 e. The van der Waals surface area contributed by atoms with Gasteiger partial charge in [0.05, 0.1) is 6.26 Å². The van der Waals surface area contributed by atoms with Gasteiger partial charge >= 0.3 is 0 Å². The standard InChI is InChI=1S/C33H46ClN5O4S/c1-37(44(2,42)43)23-31(25-8-4-3-5-9-25)38-16-18-39(19-17-38)33(41)30(20-24-12-14-27(34)15-13-24)36-32(40)21-29-28-11-7-6-10-26(28)22-35-29/h6-7,10-15,25,29-31,35H,3-5,8-9,16-23H2,1-2H3,(H,36,40)/t29?,30-,31?/m1/s1. The van der Waals surface area contributed by atoms with E-state index < -0.39 is 16.1 Å². The zero-order valence-electron chi connectivity index (χ0n) is 25.9. The number of rotatable bonds is 11. The number of hydrogen-bond donors (Lipinski definition) is 2. The van der Waals surface area contributed by atoms with Crippen LogP contribution in [-0.4, -0.2) is 92.4 Å². The molecule has 1 saturated heterocycles. The molecule has 44 heavy (non-hydrogen) atoms. The SMILES string of the molecule is CN(CC(C1CCCCC1)N1CCN(C(=O)[C@@H](Cc2ccc(Cl)cc2)NC(=O)CC2NCc3ccccc32)CC1)S(C)(=O)=O. The van der Waals surface area contributed by atoms with Crippen LogP contribution in [0.1, 0.15) is 61.3 Å². The molecule has 2 aromatic carbocycles. The monoisotopic (exact) mass is 643 g/mol. The number of nitrogens with one attached hydrogen (secondary N) is 2. The molecule has 1 saturated carbocycles. The predicted molar refractivity (Wildman–Crippen MR) is 174 cm³/mol. The Bertz CT molecular complexity index is 1390. The molecule has 0 radical (unpaired) electrons. The first-order valence-electron chi connectivity index (χ1n) is 15.9. The number of hydrogen-bond acceptors (Lipinski definition) is 6. The van der Waals surface area contributed by atoms with Gasteiger partial charge in [-0.15, -0.1) is 0 Å². The van der Waals surface area contributed by atoms with Crippen LogP contribution in [0, 0.1) is 5.92 Å². The molecule has 240 valence electrons. The van der Waals surface area contributed by atoms with E-state index in [2.05, 4.69) is 27.7 Å². The van der Waals surface area contributed by atoms with Crippen molar-refractivity contribution >= 4 is 33.4 Å². The fourth-order valence-corrected chi connectivity index (χ4v) is 7.58. The number of benzene rings is 2. The van der Waals surface area contributed by atoms with Gasteiger partial charge in [-0.25, -0.2) is 12.7 Å². The molecule has 0 aromatic heterocycles. The van der Waals surface area contributed by atoms with Crippen LogP contribution in [0.5, 0.6) is 0 Å². The number of amides is 2. The van der Waals surface area contributed by atoms with E-state index in [0.717, 1.165) is 30.5 Å². The third-order valence-electron chi connectivity index (χ3n) is 9.64. The number of nitrogens with zero attached hydrogens (tertiary/aromatic N) is 3. The Balaban J connectivity index is 1.25. The molecule has 3 aliphatic rings. The first-order valence-corrected chi connectivity index (χ1v) is 18.1. The Labute approximate surface area is 267 Å². The van der Waals surface area contributed by atoms with Crippen LogP contribution in [0.2, 0.25) is 5.02 Å². The van der Waals surface area contributed by atoms with Crippen molar-refractivity contribution in [2.24, 2.45) is 5.92 Å². The van der Waals surface area contributed by atoms with Crippen molar-refractivity contribution in [3.05, 3.63) is 70.2 Å². The summed E-state index contributed by atoms with van der Waals surface area (Å²) in [7, 11) is -1.63. The molecule has 2 N–H and O–H groups in total. The van der Waals surface area contributed by atoms with Crippen molar-refractivity contribution in [1.29, 1.82) is 0 Å². The molecule has 11 heteroatoms. The summed E-state index contributed by atoms with van der Waals surface area (Å²) in [6, 6.07) is 14.9. The fourth-order valence-electron chi connectivity index (χ4n) is 7.03. The van der Waals surface area contributed by atoms with E-state index in [-0.39, 0.29) is 30.3 Å². The van der Waals surface area contributed by atoms with Gasteiger partial charge < -0.3 is 15.5 Å². The van der Waals surface area contributed by atoms with Gasteiger partial charge in [0.25, 0.3) is 0 Å². The van der Waals surface area contributed by atoms with E-state index in [0.29, 0.717) is 50.1 Å². The number of sulfonamides is 1. The van der Waals surface area contributed by atoms with Gasteiger partial charge in [0.2, 0.25) is 21.8 Å². The average molecular weight is 644 g/mol. The van der Waals surface area contributed by atoms with Crippen LogP contribution in [-0.2, 0) is 32.6 Å². The molecule has 9 nitrogen and oxygen atoms in total. The highest BCUT2D eigenvalue weighted by atomic mass is 35.5. The lowest BCUT2D eigenvalue weighted by molar-refractivity contribution is -0.138. The highest BCUT2D eigenvalue weighted by Gasteiger charge is 2.36. The lowest BCUT2D eigenvalue weighted by atomic mass is 9.83. The molecule has 2 fully saturated rings. The summed E-state index contributed by atoms with van der Waals surface area (Å²) in [5, 5.41) is 7.12. The number of carbonyl (C=O) groups is 2. The van der Waals surface area contributed by atoms with Crippen molar-refractivity contribution in [3.63, 3.8) is 0 Å². The lowest BCUT2D eigenvalue weighted by Crippen LogP contribution is -2.59. The zero-order chi connectivity index (χ0) is 31.3. The Morgan fingerprint density at radius 1 is 1.02 bits per heavy atom. The topological polar surface area (TPSA) is 102 Å². The average Bonchev–Trinajstić information content (AvgIpc) is 3.42. The lowest BCUT2D eigenvalue weighted by Gasteiger charge is -2.44. The maximum atomic E-state index is 14.0. The van der Waals surface area contributed by atoms with Gasteiger partial charge in [-0.1, -0.05) is 67.3 Å². The zero-order valence-corrected chi connectivity index (χ0v) is 27.5. The van der Waals surface area contributed by atoms with Crippen LogP contribution >= 0.6 is 11.6 Å². The summed E-state index contributed by atoms with van der Waals surface area (Å²) in [5.74, 6) is 0.197. The fraction of sp³-hybridized carbons (Fsp3) is 0.576. The minimum Gasteiger partial charge on any atom is -0.344 e. The molecule has 5 rings (SSSR count). The molecule has 2 unspecified atom stereocenters. The van der Waals surface area contributed by atoms with Crippen LogP contribution in [0.25, 0.3) is 0 Å². The molecule has 0 bridgehead atoms. The third kappa shape index (κ3) is 8.40. The summed E-state index contributed by atoms with van der Waals surface area (Å²) in [6.07, 6.45) is 7.70. The van der Waals surface area contributed by atoms with E-state index >= 15 is 0 Å². The molecular weight excluding hydrogens is 598 g/mol. The second-order valence-electron chi connectivity index (χ2n) is 12.7. The van der Waals surface area contributed by atoms with Gasteiger partial charge in [0.1, 0.15) is 6.04 Å². The van der Waals surface area contributed by atoms with Crippen molar-refractivity contribution in [3.8, 4) is 0 Å². The van der Waals surface area contributed by atoms with Gasteiger partial charge in [-0.2, -0.15) is 0 Å². The quantitative estimate of drug-likeness (QED) is 0.388. The molecular formula is C33H46ClN5O4S. The Kier molecular flexibility index (Phi) is 11.0. The summed E-state index contributed by atoms with van der Waals surface area (Å²) in [5.41, 5.74) is 3.26. The minimum atomic E-state index is -3.29. The van der Waals surface area contributed by atoms with E-state index in [1.807, 2.05) is 29.2 Å². The minimum absolute atomic E-state index is 0.0807. The van der Waals surface area contributed by atoms with Gasteiger partial charge in [0.15, 0.2) is 0 Å². The number of fused-ring (bicyclic) bond motifs is 1. The Morgan fingerprint density at radius 2 is 1.70 bits per heavy atom. The second-order valence-corrected chi connectivity index (χ2v) is 15.2. The number of halogens is 1. The van der Waals surface area contributed by atoms with E-state index in [1.165, 1.54) is 35.4 Å². The molecule has 2 heterocycles. The van der Waals surface area contributed by atoms with Crippen LogP contribution in [0.4, 0.5) is 0 Å². The van der Waals surface area contributed by atoms with Crippen LogP contribution < -0.4 is 10.6 Å². The predicted octanol–water partition coefficient (Wildman–Crippen LogP) is 3.59. The number of piperazine rings is 1. The third-order valence-corrected chi connectivity index (χ3v) is 11.2. The second kappa shape index (κ2) is 14.7. The summed E-state index contributed by atoms with van der Waals surface area (Å²) < 4.78 is 26.0. The largest absolute Gasteiger partial charge is 0.344 e. The molecule has 2 aliphatic heterocycles. The van der Waals surface area contributed by atoms with Crippen molar-refractivity contribution < 1.29 is 18.0 Å². The van der Waals surface area contributed by atoms with Gasteiger partial charge in [-0.05, 0) is 47.6 Å². The van der Waals surface area contributed by atoms with Crippen LogP contribution in [0.3, 0.4) is 0 Å². The summed E-state index contributed by atoms with van der Waals surface area (Å²) in [6.45, 7) is 3.62. The molecule has 0 spiro atoms. The van der Waals surface area contributed by atoms with Gasteiger partial charge in [-0.3, -0.25) is 14.5 Å².